The van der Waals surface area contributed by atoms with Gasteiger partial charge in [-0.05, 0) is 38.9 Å². The van der Waals surface area contributed by atoms with Crippen LogP contribution in [-0.2, 0) is 0 Å². The van der Waals surface area contributed by atoms with Crippen molar-refractivity contribution < 1.29 is 0 Å². The van der Waals surface area contributed by atoms with Crippen LogP contribution in [0.1, 0.15) is 12.8 Å². The van der Waals surface area contributed by atoms with Gasteiger partial charge in [0.1, 0.15) is 0 Å². The second kappa shape index (κ2) is 5.12. The van der Waals surface area contributed by atoms with Gasteiger partial charge < -0.3 is 10.2 Å². The fourth-order valence-corrected chi connectivity index (χ4v) is 2.00. The molecule has 0 aromatic carbocycles. The van der Waals surface area contributed by atoms with E-state index in [-0.39, 0.29) is 5.56 Å². The predicted octanol–water partition coefficient (Wildman–Crippen LogP) is 0.524. The van der Waals surface area contributed by atoms with Crippen LogP contribution in [0.5, 0.6) is 0 Å². The first kappa shape index (κ1) is 11.1. The topological polar surface area (TPSA) is 61.0 Å². The van der Waals surface area contributed by atoms with Gasteiger partial charge in [0.15, 0.2) is 0 Å². The van der Waals surface area contributed by atoms with Crippen molar-refractivity contribution in [2.24, 2.45) is 5.92 Å². The minimum atomic E-state index is -0.159. The number of nitrogens with zero attached hydrogens (tertiary/aromatic N) is 2. The lowest BCUT2D eigenvalue weighted by Crippen LogP contribution is -2.33. The summed E-state index contributed by atoms with van der Waals surface area (Å²) in [4.78, 5) is 13.4. The summed E-state index contributed by atoms with van der Waals surface area (Å²) in [5.74, 6) is 0.704. The van der Waals surface area contributed by atoms with Gasteiger partial charge in [-0.15, -0.1) is 0 Å². The van der Waals surface area contributed by atoms with Crippen LogP contribution in [0.2, 0.25) is 0 Å². The highest BCUT2D eigenvalue weighted by atomic mass is 16.1. The Labute approximate surface area is 94.9 Å². The Bertz CT molecular complexity index is 382. The van der Waals surface area contributed by atoms with Gasteiger partial charge in [0.05, 0.1) is 11.9 Å². The molecular weight excluding hydrogens is 204 g/mol. The molecule has 16 heavy (non-hydrogen) atoms. The second-order valence-electron chi connectivity index (χ2n) is 4.46. The number of anilines is 1. The first-order valence-electron chi connectivity index (χ1n) is 5.71. The van der Waals surface area contributed by atoms with Crippen LogP contribution >= 0.6 is 0 Å². The van der Waals surface area contributed by atoms with E-state index in [1.807, 2.05) is 0 Å². The van der Waals surface area contributed by atoms with Crippen LogP contribution in [0.4, 0.5) is 5.69 Å². The number of likely N-dealkylation sites (tertiary alicyclic amines) is 1. The van der Waals surface area contributed by atoms with E-state index in [2.05, 4.69) is 27.5 Å². The van der Waals surface area contributed by atoms with E-state index >= 15 is 0 Å². The van der Waals surface area contributed by atoms with E-state index in [0.29, 0.717) is 5.92 Å². The molecule has 1 aliphatic heterocycles. The summed E-state index contributed by atoms with van der Waals surface area (Å²) in [6.07, 6.45) is 4.09. The van der Waals surface area contributed by atoms with Crippen molar-refractivity contribution in [3.05, 3.63) is 22.6 Å². The molecule has 0 spiro atoms. The monoisotopic (exact) mass is 222 g/mol. The van der Waals surface area contributed by atoms with Crippen LogP contribution in [-0.4, -0.2) is 41.8 Å². The third kappa shape index (κ3) is 3.06. The number of piperidine rings is 1. The largest absolute Gasteiger partial charge is 0.383 e. The van der Waals surface area contributed by atoms with Crippen LogP contribution in [0.25, 0.3) is 0 Å². The van der Waals surface area contributed by atoms with Gasteiger partial charge in [0, 0.05) is 12.6 Å². The Kier molecular flexibility index (Phi) is 3.56. The molecule has 0 bridgehead atoms. The Morgan fingerprint density at radius 1 is 1.56 bits per heavy atom. The molecule has 0 radical (unpaired) electrons. The van der Waals surface area contributed by atoms with E-state index in [4.69, 9.17) is 0 Å². The molecule has 1 aromatic rings. The van der Waals surface area contributed by atoms with E-state index in [1.165, 1.54) is 25.9 Å². The number of aromatic nitrogens is 2. The predicted molar refractivity (Wildman–Crippen MR) is 63.6 cm³/mol. The van der Waals surface area contributed by atoms with Crippen molar-refractivity contribution in [1.82, 2.24) is 15.1 Å². The molecule has 1 aromatic heterocycles. The van der Waals surface area contributed by atoms with Crippen LogP contribution in [0, 0.1) is 5.92 Å². The van der Waals surface area contributed by atoms with Crippen molar-refractivity contribution in [2.45, 2.75) is 12.8 Å². The van der Waals surface area contributed by atoms with Crippen molar-refractivity contribution in [3.8, 4) is 0 Å². The molecule has 0 saturated carbocycles. The molecule has 88 valence electrons. The molecule has 1 aliphatic rings. The number of hydrogen-bond acceptors (Lipinski definition) is 4. The maximum absolute atomic E-state index is 11.0. The fourth-order valence-electron chi connectivity index (χ4n) is 2.00. The molecule has 2 N–H and O–H groups in total. The number of rotatable bonds is 3. The highest BCUT2D eigenvalue weighted by Crippen LogP contribution is 2.16. The standard InChI is InChI=1S/C11H18N4O/c1-15-4-2-9(3-5-15)7-12-10-6-11(16)14-13-8-10/h6,8-9H,2-5,7H2,1H3,(H2,12,14,16). The Hall–Kier alpha value is -1.36. The highest BCUT2D eigenvalue weighted by molar-refractivity contribution is 5.38. The molecule has 0 atom stereocenters. The average molecular weight is 222 g/mol. The number of H-pyrrole nitrogens is 1. The summed E-state index contributed by atoms with van der Waals surface area (Å²) in [7, 11) is 2.16. The van der Waals surface area contributed by atoms with Crippen molar-refractivity contribution >= 4 is 5.69 Å². The molecule has 1 saturated heterocycles. The molecular formula is C11H18N4O. The molecule has 0 aliphatic carbocycles. The van der Waals surface area contributed by atoms with Gasteiger partial charge in [-0.1, -0.05) is 0 Å². The summed E-state index contributed by atoms with van der Waals surface area (Å²) in [6, 6.07) is 1.54. The normalized spacial score (nSPS) is 18.6. The Balaban J connectivity index is 1.81. The Morgan fingerprint density at radius 2 is 2.31 bits per heavy atom. The summed E-state index contributed by atoms with van der Waals surface area (Å²) < 4.78 is 0. The van der Waals surface area contributed by atoms with Crippen LogP contribution < -0.4 is 10.9 Å². The van der Waals surface area contributed by atoms with Crippen molar-refractivity contribution in [3.63, 3.8) is 0 Å². The van der Waals surface area contributed by atoms with Crippen molar-refractivity contribution in [2.75, 3.05) is 32.0 Å². The first-order chi connectivity index (χ1) is 7.74. The lowest BCUT2D eigenvalue weighted by Gasteiger charge is -2.29. The lowest BCUT2D eigenvalue weighted by atomic mass is 9.97. The quantitative estimate of drug-likeness (QED) is 0.783. The third-order valence-corrected chi connectivity index (χ3v) is 3.10. The molecule has 0 unspecified atom stereocenters. The minimum Gasteiger partial charge on any atom is -0.383 e. The summed E-state index contributed by atoms with van der Waals surface area (Å²) >= 11 is 0. The first-order valence-corrected chi connectivity index (χ1v) is 5.71. The molecule has 2 heterocycles. The van der Waals surface area contributed by atoms with Gasteiger partial charge in [-0.2, -0.15) is 5.10 Å². The maximum atomic E-state index is 11.0. The lowest BCUT2D eigenvalue weighted by molar-refractivity contribution is 0.226. The van der Waals surface area contributed by atoms with Crippen LogP contribution in [0.3, 0.4) is 0 Å². The van der Waals surface area contributed by atoms with Gasteiger partial charge in [-0.25, -0.2) is 5.10 Å². The molecule has 2 rings (SSSR count). The molecule has 5 nitrogen and oxygen atoms in total. The number of aromatic amines is 1. The molecule has 1 fully saturated rings. The third-order valence-electron chi connectivity index (χ3n) is 3.10. The summed E-state index contributed by atoms with van der Waals surface area (Å²) in [6.45, 7) is 3.26. The van der Waals surface area contributed by atoms with Gasteiger partial charge in [-0.3, -0.25) is 4.79 Å². The SMILES string of the molecule is CN1CCC(CNc2cn[nH]c(=O)c2)CC1. The van der Waals surface area contributed by atoms with Gasteiger partial charge in [0.25, 0.3) is 5.56 Å². The smallest absolute Gasteiger partial charge is 0.266 e. The number of hydrogen-bond donors (Lipinski definition) is 2. The summed E-state index contributed by atoms with van der Waals surface area (Å²) in [5.41, 5.74) is 0.649. The summed E-state index contributed by atoms with van der Waals surface area (Å²) in [5, 5.41) is 9.38. The van der Waals surface area contributed by atoms with Gasteiger partial charge >= 0.3 is 0 Å². The van der Waals surface area contributed by atoms with Crippen molar-refractivity contribution in [1.29, 1.82) is 0 Å². The molecule has 0 amide bonds. The maximum Gasteiger partial charge on any atom is 0.266 e. The van der Waals surface area contributed by atoms with E-state index in [9.17, 15) is 4.79 Å². The van der Waals surface area contributed by atoms with E-state index in [1.54, 1.807) is 12.3 Å². The Morgan fingerprint density at radius 3 is 3.00 bits per heavy atom. The van der Waals surface area contributed by atoms with Gasteiger partial charge in [0.2, 0.25) is 0 Å². The minimum absolute atomic E-state index is 0.159. The fraction of sp³-hybridized carbons (Fsp3) is 0.636. The zero-order valence-corrected chi connectivity index (χ0v) is 9.57. The number of nitrogens with one attached hydrogen (secondary N) is 2. The zero-order valence-electron chi connectivity index (χ0n) is 9.57. The molecule has 5 heteroatoms. The second-order valence-corrected chi connectivity index (χ2v) is 4.46. The van der Waals surface area contributed by atoms with E-state index in [0.717, 1.165) is 12.2 Å². The highest BCUT2D eigenvalue weighted by Gasteiger charge is 2.16. The average Bonchev–Trinajstić information content (AvgIpc) is 2.28. The van der Waals surface area contributed by atoms with Crippen LogP contribution in [0.15, 0.2) is 17.1 Å². The zero-order chi connectivity index (χ0) is 11.4. The van der Waals surface area contributed by atoms with E-state index < -0.39 is 0 Å².